The van der Waals surface area contributed by atoms with Crippen LogP contribution in [0.4, 0.5) is 0 Å². The largest absolute Gasteiger partial charge is 0.492 e. The van der Waals surface area contributed by atoms with Crippen LogP contribution in [0.1, 0.15) is 26.7 Å². The van der Waals surface area contributed by atoms with Gasteiger partial charge >= 0.3 is 5.97 Å². The van der Waals surface area contributed by atoms with Gasteiger partial charge in [0.25, 0.3) is 0 Å². The third-order valence-corrected chi connectivity index (χ3v) is 3.28. The van der Waals surface area contributed by atoms with E-state index in [1.54, 1.807) is 0 Å². The molecular formula is C14H18BrNO4. The predicted octanol–water partition coefficient (Wildman–Crippen LogP) is 2.59. The van der Waals surface area contributed by atoms with Crippen LogP contribution in [-0.2, 0) is 9.59 Å². The van der Waals surface area contributed by atoms with Crippen LogP contribution in [0.15, 0.2) is 28.7 Å². The Hall–Kier alpha value is -1.56. The molecule has 0 aromatic heterocycles. The molecule has 0 atom stereocenters. The van der Waals surface area contributed by atoms with Crippen LogP contribution < -0.4 is 10.1 Å². The molecule has 0 bridgehead atoms. The molecule has 0 aliphatic heterocycles. The van der Waals surface area contributed by atoms with Gasteiger partial charge < -0.3 is 15.2 Å². The smallest absolute Gasteiger partial charge is 0.328 e. The number of hydrogen-bond acceptors (Lipinski definition) is 3. The van der Waals surface area contributed by atoms with Gasteiger partial charge in [0.15, 0.2) is 0 Å². The highest BCUT2D eigenvalue weighted by molar-refractivity contribution is 9.10. The Morgan fingerprint density at radius 1 is 1.35 bits per heavy atom. The van der Waals surface area contributed by atoms with Gasteiger partial charge in [-0.3, -0.25) is 4.79 Å². The number of amides is 1. The average Bonchev–Trinajstić information content (AvgIpc) is 2.35. The summed E-state index contributed by atoms with van der Waals surface area (Å²) in [5, 5.41) is 11.4. The topological polar surface area (TPSA) is 75.6 Å². The van der Waals surface area contributed by atoms with E-state index in [1.165, 1.54) is 13.8 Å². The summed E-state index contributed by atoms with van der Waals surface area (Å²) in [5.74, 6) is -0.637. The second-order valence-corrected chi connectivity index (χ2v) is 5.72. The maximum atomic E-state index is 11.6. The summed E-state index contributed by atoms with van der Waals surface area (Å²) in [7, 11) is 0. The molecule has 20 heavy (non-hydrogen) atoms. The quantitative estimate of drug-likeness (QED) is 0.746. The highest BCUT2D eigenvalue weighted by Gasteiger charge is 2.28. The molecule has 0 saturated heterocycles. The van der Waals surface area contributed by atoms with Gasteiger partial charge in [-0.2, -0.15) is 0 Å². The number of ether oxygens (including phenoxy) is 1. The minimum absolute atomic E-state index is 0.223. The van der Waals surface area contributed by atoms with E-state index in [4.69, 9.17) is 9.84 Å². The van der Waals surface area contributed by atoms with Crippen molar-refractivity contribution < 1.29 is 19.4 Å². The number of hydrogen-bond donors (Lipinski definition) is 2. The van der Waals surface area contributed by atoms with Gasteiger partial charge in [0.05, 0.1) is 11.1 Å². The standard InChI is InChI=1S/C14H18BrNO4/c1-14(2,13(18)19)16-12(17)8-5-9-20-11-7-4-3-6-10(11)15/h3-4,6-7H,5,8-9H2,1-2H3,(H,16,17)(H,18,19). The first-order valence-corrected chi connectivity index (χ1v) is 7.04. The van der Waals surface area contributed by atoms with Crippen LogP contribution in [0, 0.1) is 0 Å². The Balaban J connectivity index is 2.30. The lowest BCUT2D eigenvalue weighted by atomic mass is 10.1. The number of carboxylic acid groups (broad SMARTS) is 1. The zero-order chi connectivity index (χ0) is 15.2. The fourth-order valence-corrected chi connectivity index (χ4v) is 1.84. The molecule has 0 aliphatic rings. The lowest BCUT2D eigenvalue weighted by molar-refractivity contribution is -0.146. The number of halogens is 1. The van der Waals surface area contributed by atoms with Gasteiger partial charge in [-0.1, -0.05) is 12.1 Å². The van der Waals surface area contributed by atoms with Gasteiger partial charge in [0, 0.05) is 6.42 Å². The van der Waals surface area contributed by atoms with E-state index in [0.29, 0.717) is 13.0 Å². The Bertz CT molecular complexity index is 488. The van der Waals surface area contributed by atoms with Crippen LogP contribution in [-0.4, -0.2) is 29.1 Å². The third-order valence-electron chi connectivity index (χ3n) is 2.63. The van der Waals surface area contributed by atoms with E-state index in [9.17, 15) is 9.59 Å². The number of carbonyl (C=O) groups is 2. The molecule has 0 unspecified atom stereocenters. The Morgan fingerprint density at radius 3 is 2.60 bits per heavy atom. The first kappa shape index (κ1) is 16.5. The highest BCUT2D eigenvalue weighted by atomic mass is 79.9. The molecule has 1 rings (SSSR count). The average molecular weight is 344 g/mol. The molecule has 1 aromatic carbocycles. The SMILES string of the molecule is CC(C)(NC(=O)CCCOc1ccccc1Br)C(=O)O. The minimum atomic E-state index is -1.25. The zero-order valence-electron chi connectivity index (χ0n) is 11.5. The second kappa shape index (κ2) is 7.28. The lowest BCUT2D eigenvalue weighted by Crippen LogP contribution is -2.49. The number of nitrogens with one attached hydrogen (secondary N) is 1. The second-order valence-electron chi connectivity index (χ2n) is 4.86. The number of para-hydroxylation sites is 1. The zero-order valence-corrected chi connectivity index (χ0v) is 13.1. The summed E-state index contributed by atoms with van der Waals surface area (Å²) < 4.78 is 6.38. The van der Waals surface area contributed by atoms with Gasteiger partial charge in [-0.25, -0.2) is 4.79 Å². The van der Waals surface area contributed by atoms with Crippen LogP contribution in [0.25, 0.3) is 0 Å². The number of rotatable bonds is 7. The van der Waals surface area contributed by atoms with Crippen molar-refractivity contribution in [1.82, 2.24) is 5.32 Å². The number of aliphatic carboxylic acids is 1. The molecule has 110 valence electrons. The molecule has 0 saturated carbocycles. The summed E-state index contributed by atoms with van der Waals surface area (Å²) in [6.07, 6.45) is 0.740. The fourth-order valence-electron chi connectivity index (χ4n) is 1.44. The van der Waals surface area contributed by atoms with E-state index in [-0.39, 0.29) is 12.3 Å². The molecule has 0 fully saturated rings. The van der Waals surface area contributed by atoms with Crippen molar-refractivity contribution in [3.8, 4) is 5.75 Å². The van der Waals surface area contributed by atoms with Gasteiger partial charge in [0.1, 0.15) is 11.3 Å². The Labute approximate surface area is 126 Å². The molecular weight excluding hydrogens is 326 g/mol. The monoisotopic (exact) mass is 343 g/mol. The van der Waals surface area contributed by atoms with Crippen molar-refractivity contribution in [1.29, 1.82) is 0 Å². The van der Waals surface area contributed by atoms with E-state index in [2.05, 4.69) is 21.2 Å². The van der Waals surface area contributed by atoms with Crippen molar-refractivity contribution in [2.45, 2.75) is 32.2 Å². The van der Waals surface area contributed by atoms with Crippen LogP contribution in [0.3, 0.4) is 0 Å². The summed E-state index contributed by atoms with van der Waals surface area (Å²) in [5.41, 5.74) is -1.25. The molecule has 0 aliphatic carbocycles. The lowest BCUT2D eigenvalue weighted by Gasteiger charge is -2.20. The van der Waals surface area contributed by atoms with Gasteiger partial charge in [-0.15, -0.1) is 0 Å². The molecule has 5 nitrogen and oxygen atoms in total. The van der Waals surface area contributed by atoms with Crippen molar-refractivity contribution in [3.63, 3.8) is 0 Å². The third kappa shape index (κ3) is 5.21. The maximum Gasteiger partial charge on any atom is 0.328 e. The Morgan fingerprint density at radius 2 is 2.00 bits per heavy atom. The Kier molecular flexibility index (Phi) is 6.01. The van der Waals surface area contributed by atoms with Crippen molar-refractivity contribution >= 4 is 27.8 Å². The van der Waals surface area contributed by atoms with Crippen LogP contribution in [0.5, 0.6) is 5.75 Å². The molecule has 6 heteroatoms. The first-order valence-electron chi connectivity index (χ1n) is 6.24. The molecule has 0 heterocycles. The normalized spacial score (nSPS) is 10.9. The van der Waals surface area contributed by atoms with E-state index < -0.39 is 11.5 Å². The molecule has 1 aromatic rings. The highest BCUT2D eigenvalue weighted by Crippen LogP contribution is 2.23. The molecule has 1 amide bonds. The summed E-state index contributed by atoms with van der Waals surface area (Å²) in [4.78, 5) is 22.5. The molecule has 0 radical (unpaired) electrons. The first-order chi connectivity index (χ1) is 9.33. The van der Waals surface area contributed by atoms with E-state index >= 15 is 0 Å². The summed E-state index contributed by atoms with van der Waals surface area (Å²) >= 11 is 3.36. The van der Waals surface area contributed by atoms with Crippen molar-refractivity contribution in [2.24, 2.45) is 0 Å². The molecule has 0 spiro atoms. The van der Waals surface area contributed by atoms with Crippen molar-refractivity contribution in [3.05, 3.63) is 28.7 Å². The van der Waals surface area contributed by atoms with Crippen LogP contribution >= 0.6 is 15.9 Å². The van der Waals surface area contributed by atoms with E-state index in [1.807, 2.05) is 24.3 Å². The summed E-state index contributed by atoms with van der Waals surface area (Å²) in [6, 6.07) is 7.45. The summed E-state index contributed by atoms with van der Waals surface area (Å²) in [6.45, 7) is 3.29. The number of benzene rings is 1. The van der Waals surface area contributed by atoms with Gasteiger partial charge in [0.2, 0.25) is 5.91 Å². The van der Waals surface area contributed by atoms with Gasteiger partial charge in [-0.05, 0) is 48.3 Å². The number of carboxylic acids is 1. The fraction of sp³-hybridized carbons (Fsp3) is 0.429. The van der Waals surface area contributed by atoms with Crippen LogP contribution in [0.2, 0.25) is 0 Å². The predicted molar refractivity (Wildman–Crippen MR) is 78.7 cm³/mol. The maximum absolute atomic E-state index is 11.6. The number of carbonyl (C=O) groups excluding carboxylic acids is 1. The van der Waals surface area contributed by atoms with Crippen molar-refractivity contribution in [2.75, 3.05) is 6.61 Å². The van der Waals surface area contributed by atoms with E-state index in [0.717, 1.165) is 10.2 Å². The molecule has 2 N–H and O–H groups in total. The minimum Gasteiger partial charge on any atom is -0.492 e.